The van der Waals surface area contributed by atoms with E-state index in [0.29, 0.717) is 6.04 Å². The van der Waals surface area contributed by atoms with Gasteiger partial charge in [-0.15, -0.1) is 0 Å². The minimum Gasteiger partial charge on any atom is -0.386 e. The maximum absolute atomic E-state index is 3.39. The van der Waals surface area contributed by atoms with E-state index in [4.69, 9.17) is 0 Å². The van der Waals surface area contributed by atoms with Gasteiger partial charge in [0.15, 0.2) is 0 Å². The summed E-state index contributed by atoms with van der Waals surface area (Å²) in [6, 6.07) is 23.1. The standard InChI is InChI=1S/C26H28N2/c1-5-18-14-17-15-20-19-10-6-7-11-21(19)26(2,3)22(20)16-25(17)28(18)24-13-9-8-12-23(24)27-4/h6-13,15-16,18,27H,5,14H2,1-4H3. The summed E-state index contributed by atoms with van der Waals surface area (Å²) in [5.41, 5.74) is 11.1. The van der Waals surface area contributed by atoms with E-state index in [0.717, 1.165) is 12.8 Å². The third-order valence-corrected chi connectivity index (χ3v) is 6.77. The predicted octanol–water partition coefficient (Wildman–Crippen LogP) is 6.51. The van der Waals surface area contributed by atoms with Gasteiger partial charge in [0.1, 0.15) is 0 Å². The number of nitrogens with zero attached hydrogens (tertiary/aromatic N) is 1. The number of hydrogen-bond donors (Lipinski definition) is 1. The first-order valence-corrected chi connectivity index (χ1v) is 10.4. The summed E-state index contributed by atoms with van der Waals surface area (Å²) in [5.74, 6) is 0. The van der Waals surface area contributed by atoms with Crippen LogP contribution in [-0.4, -0.2) is 13.1 Å². The first kappa shape index (κ1) is 17.4. The molecule has 0 saturated carbocycles. The first-order valence-electron chi connectivity index (χ1n) is 10.4. The Balaban J connectivity index is 1.72. The molecule has 1 unspecified atom stereocenters. The highest BCUT2D eigenvalue weighted by Crippen LogP contribution is 2.53. The second-order valence-electron chi connectivity index (χ2n) is 8.60. The fourth-order valence-corrected chi connectivity index (χ4v) is 5.26. The first-order chi connectivity index (χ1) is 13.6. The minimum absolute atomic E-state index is 0.0411. The van der Waals surface area contributed by atoms with Crippen LogP contribution in [0.15, 0.2) is 60.7 Å². The van der Waals surface area contributed by atoms with E-state index in [9.17, 15) is 0 Å². The zero-order valence-electron chi connectivity index (χ0n) is 17.2. The van der Waals surface area contributed by atoms with Crippen LogP contribution < -0.4 is 10.2 Å². The third kappa shape index (κ3) is 2.27. The molecule has 1 aliphatic carbocycles. The maximum Gasteiger partial charge on any atom is 0.0649 e. The lowest BCUT2D eigenvalue weighted by Gasteiger charge is -2.30. The van der Waals surface area contributed by atoms with E-state index in [1.807, 2.05) is 7.05 Å². The van der Waals surface area contributed by atoms with E-state index in [1.165, 1.54) is 44.9 Å². The average molecular weight is 369 g/mol. The van der Waals surface area contributed by atoms with Crippen molar-refractivity contribution in [3.05, 3.63) is 77.4 Å². The summed E-state index contributed by atoms with van der Waals surface area (Å²) < 4.78 is 0. The highest BCUT2D eigenvalue weighted by Gasteiger charge is 2.39. The predicted molar refractivity (Wildman–Crippen MR) is 120 cm³/mol. The molecule has 0 amide bonds. The lowest BCUT2D eigenvalue weighted by molar-refractivity contribution is 0.657. The van der Waals surface area contributed by atoms with Crippen molar-refractivity contribution < 1.29 is 0 Å². The molecule has 2 nitrogen and oxygen atoms in total. The van der Waals surface area contributed by atoms with Crippen LogP contribution in [0.4, 0.5) is 17.1 Å². The number of benzene rings is 3. The SMILES string of the molecule is CCC1Cc2cc3c(cc2N1c1ccccc1NC)C(C)(C)c1ccccc1-3. The summed E-state index contributed by atoms with van der Waals surface area (Å²) in [4.78, 5) is 2.57. The van der Waals surface area contributed by atoms with Gasteiger partial charge in [-0.1, -0.05) is 57.2 Å². The number of para-hydroxylation sites is 2. The normalized spacial score (nSPS) is 18.6. The van der Waals surface area contributed by atoms with Crippen molar-refractivity contribution >= 4 is 17.1 Å². The second kappa shape index (κ2) is 6.13. The molecule has 0 radical (unpaired) electrons. The van der Waals surface area contributed by atoms with E-state index in [2.05, 4.69) is 91.7 Å². The molecular formula is C26H28N2. The van der Waals surface area contributed by atoms with Crippen molar-refractivity contribution in [2.24, 2.45) is 0 Å². The molecule has 0 bridgehead atoms. The molecule has 1 atom stereocenters. The lowest BCUT2D eigenvalue weighted by atomic mass is 9.82. The van der Waals surface area contributed by atoms with E-state index in [-0.39, 0.29) is 5.41 Å². The molecule has 28 heavy (non-hydrogen) atoms. The number of rotatable bonds is 3. The van der Waals surface area contributed by atoms with Crippen LogP contribution in [0.25, 0.3) is 11.1 Å². The van der Waals surface area contributed by atoms with Crippen molar-refractivity contribution in [1.29, 1.82) is 0 Å². The Bertz CT molecular complexity index is 1060. The topological polar surface area (TPSA) is 15.3 Å². The van der Waals surface area contributed by atoms with Gasteiger partial charge in [0.2, 0.25) is 0 Å². The Morgan fingerprint density at radius 3 is 2.46 bits per heavy atom. The number of nitrogens with one attached hydrogen (secondary N) is 1. The Hall–Kier alpha value is -2.74. The smallest absolute Gasteiger partial charge is 0.0649 e. The van der Waals surface area contributed by atoms with Gasteiger partial charge in [0.25, 0.3) is 0 Å². The fraction of sp³-hybridized carbons (Fsp3) is 0.308. The van der Waals surface area contributed by atoms with Gasteiger partial charge in [0, 0.05) is 24.2 Å². The lowest BCUT2D eigenvalue weighted by Crippen LogP contribution is -2.27. The quantitative estimate of drug-likeness (QED) is 0.567. The van der Waals surface area contributed by atoms with Gasteiger partial charge < -0.3 is 10.2 Å². The van der Waals surface area contributed by atoms with E-state index >= 15 is 0 Å². The maximum atomic E-state index is 3.39. The average Bonchev–Trinajstić information content (AvgIpc) is 3.19. The van der Waals surface area contributed by atoms with Crippen LogP contribution >= 0.6 is 0 Å². The van der Waals surface area contributed by atoms with E-state index in [1.54, 1.807) is 0 Å². The zero-order valence-corrected chi connectivity index (χ0v) is 17.2. The summed E-state index contributed by atoms with van der Waals surface area (Å²) in [7, 11) is 2.01. The number of hydrogen-bond acceptors (Lipinski definition) is 2. The minimum atomic E-state index is 0.0411. The van der Waals surface area contributed by atoms with Crippen LogP contribution in [0.3, 0.4) is 0 Å². The summed E-state index contributed by atoms with van der Waals surface area (Å²) in [6.07, 6.45) is 2.25. The van der Waals surface area contributed by atoms with Crippen molar-refractivity contribution in [3.8, 4) is 11.1 Å². The van der Waals surface area contributed by atoms with Gasteiger partial charge in [-0.25, -0.2) is 0 Å². The Labute approximate surface area is 168 Å². The van der Waals surface area contributed by atoms with Gasteiger partial charge in [-0.05, 0) is 64.9 Å². The van der Waals surface area contributed by atoms with Gasteiger partial charge in [0.05, 0.1) is 11.4 Å². The number of anilines is 3. The third-order valence-electron chi connectivity index (χ3n) is 6.77. The van der Waals surface area contributed by atoms with Gasteiger partial charge in [-0.3, -0.25) is 0 Å². The van der Waals surface area contributed by atoms with Crippen LogP contribution in [-0.2, 0) is 11.8 Å². The summed E-state index contributed by atoms with van der Waals surface area (Å²) >= 11 is 0. The van der Waals surface area contributed by atoms with Crippen molar-refractivity contribution in [3.63, 3.8) is 0 Å². The Morgan fingerprint density at radius 2 is 1.68 bits per heavy atom. The van der Waals surface area contributed by atoms with Crippen molar-refractivity contribution in [1.82, 2.24) is 0 Å². The molecule has 0 saturated heterocycles. The molecule has 2 aliphatic rings. The molecule has 1 heterocycles. The number of fused-ring (bicyclic) bond motifs is 4. The summed E-state index contributed by atoms with van der Waals surface area (Å²) in [5, 5.41) is 3.39. The molecule has 1 aliphatic heterocycles. The Morgan fingerprint density at radius 1 is 0.929 bits per heavy atom. The molecule has 3 aromatic rings. The molecule has 5 rings (SSSR count). The molecular weight excluding hydrogens is 340 g/mol. The van der Waals surface area contributed by atoms with Crippen LogP contribution in [0.1, 0.15) is 43.9 Å². The second-order valence-corrected chi connectivity index (χ2v) is 8.60. The van der Waals surface area contributed by atoms with Crippen LogP contribution in [0, 0.1) is 0 Å². The fourth-order valence-electron chi connectivity index (χ4n) is 5.26. The highest BCUT2D eigenvalue weighted by molar-refractivity contribution is 5.87. The molecule has 3 aromatic carbocycles. The Kier molecular flexibility index (Phi) is 3.80. The molecule has 2 heteroatoms. The van der Waals surface area contributed by atoms with Gasteiger partial charge in [-0.2, -0.15) is 0 Å². The molecule has 0 spiro atoms. The molecule has 0 fully saturated rings. The van der Waals surface area contributed by atoms with Gasteiger partial charge >= 0.3 is 0 Å². The van der Waals surface area contributed by atoms with Crippen molar-refractivity contribution in [2.45, 2.75) is 45.1 Å². The summed E-state index contributed by atoms with van der Waals surface area (Å²) in [6.45, 7) is 7.03. The molecule has 0 aromatic heterocycles. The zero-order chi connectivity index (χ0) is 19.5. The van der Waals surface area contributed by atoms with E-state index < -0.39 is 0 Å². The highest BCUT2D eigenvalue weighted by atomic mass is 15.2. The van der Waals surface area contributed by atoms with Crippen molar-refractivity contribution in [2.75, 3.05) is 17.3 Å². The monoisotopic (exact) mass is 368 g/mol. The largest absolute Gasteiger partial charge is 0.386 e. The van der Waals surface area contributed by atoms with Crippen LogP contribution in [0.5, 0.6) is 0 Å². The molecule has 1 N–H and O–H groups in total. The van der Waals surface area contributed by atoms with Crippen LogP contribution in [0.2, 0.25) is 0 Å². The molecule has 142 valence electrons.